The number of rotatable bonds is 5. The van der Waals surface area contributed by atoms with Crippen molar-refractivity contribution in [1.29, 1.82) is 0 Å². The highest BCUT2D eigenvalue weighted by Crippen LogP contribution is 2.37. The van der Waals surface area contributed by atoms with Crippen LogP contribution in [0.1, 0.15) is 34.2 Å². The van der Waals surface area contributed by atoms with Crippen LogP contribution in [0.25, 0.3) is 0 Å². The Kier molecular flexibility index (Phi) is 3.75. The molecule has 0 saturated heterocycles. The molecule has 2 heterocycles. The van der Waals surface area contributed by atoms with Gasteiger partial charge in [0.1, 0.15) is 5.69 Å². The Hall–Kier alpha value is -1.07. The Bertz CT molecular complexity index is 572. The second-order valence-corrected chi connectivity index (χ2v) is 6.72. The number of nitrogens with zero attached hydrogens (tertiary/aromatic N) is 1. The predicted molar refractivity (Wildman–Crippen MR) is 80.8 cm³/mol. The van der Waals surface area contributed by atoms with Crippen molar-refractivity contribution in [3.05, 3.63) is 44.8 Å². The van der Waals surface area contributed by atoms with Crippen LogP contribution in [0.5, 0.6) is 0 Å². The van der Waals surface area contributed by atoms with Gasteiger partial charge in [0, 0.05) is 28.1 Å². The van der Waals surface area contributed by atoms with E-state index in [2.05, 4.69) is 37.3 Å². The van der Waals surface area contributed by atoms with Gasteiger partial charge in [-0.3, -0.25) is 4.79 Å². The number of amides is 1. The lowest BCUT2D eigenvalue weighted by molar-refractivity contribution is 0.0944. The molecule has 1 aliphatic rings. The highest BCUT2D eigenvalue weighted by atomic mass is 79.9. The van der Waals surface area contributed by atoms with Gasteiger partial charge in [0.2, 0.25) is 0 Å². The fraction of sp³-hybridized carbons (Fsp3) is 0.357. The molecule has 0 aliphatic heterocycles. The van der Waals surface area contributed by atoms with Gasteiger partial charge < -0.3 is 9.88 Å². The topological polar surface area (TPSA) is 34.0 Å². The number of carbonyl (C=O) groups excluding carboxylic acids is 1. The summed E-state index contributed by atoms with van der Waals surface area (Å²) < 4.78 is 3.06. The summed E-state index contributed by atoms with van der Waals surface area (Å²) in [5.74, 6) is 0.0224. The second-order valence-electron chi connectivity index (χ2n) is 4.77. The van der Waals surface area contributed by atoms with E-state index in [9.17, 15) is 4.79 Å². The van der Waals surface area contributed by atoms with Gasteiger partial charge >= 0.3 is 0 Å². The largest absolute Gasteiger partial charge is 0.350 e. The van der Waals surface area contributed by atoms with Gasteiger partial charge in [-0.05, 0) is 52.7 Å². The Morgan fingerprint density at radius 2 is 2.37 bits per heavy atom. The molecule has 0 bridgehead atoms. The number of carbonyl (C=O) groups is 1. The molecule has 0 aromatic carbocycles. The van der Waals surface area contributed by atoms with Crippen LogP contribution in [-0.2, 0) is 6.42 Å². The predicted octanol–water partition coefficient (Wildman–Crippen LogP) is 3.62. The third kappa shape index (κ3) is 3.09. The molecule has 2 aromatic heterocycles. The van der Waals surface area contributed by atoms with Gasteiger partial charge in [0.05, 0.1) is 0 Å². The Morgan fingerprint density at radius 1 is 1.53 bits per heavy atom. The molecule has 1 saturated carbocycles. The first-order valence-electron chi connectivity index (χ1n) is 6.42. The summed E-state index contributed by atoms with van der Waals surface area (Å²) in [5, 5.41) is 5.06. The average molecular weight is 339 g/mol. The summed E-state index contributed by atoms with van der Waals surface area (Å²) in [6, 6.07) is 6.56. The molecule has 0 radical (unpaired) electrons. The van der Waals surface area contributed by atoms with E-state index in [0.717, 1.165) is 16.6 Å². The van der Waals surface area contributed by atoms with E-state index in [4.69, 9.17) is 0 Å². The zero-order chi connectivity index (χ0) is 13.2. The van der Waals surface area contributed by atoms with Crippen LogP contribution < -0.4 is 5.32 Å². The summed E-state index contributed by atoms with van der Waals surface area (Å²) in [6.45, 7) is 0.687. The van der Waals surface area contributed by atoms with Crippen molar-refractivity contribution in [3.63, 3.8) is 0 Å². The number of aromatic nitrogens is 1. The molecule has 3 nitrogen and oxygen atoms in total. The van der Waals surface area contributed by atoms with Gasteiger partial charge in [-0.15, -0.1) is 11.3 Å². The maximum Gasteiger partial charge on any atom is 0.267 e. The first kappa shape index (κ1) is 12.9. The van der Waals surface area contributed by atoms with Crippen molar-refractivity contribution < 1.29 is 4.79 Å². The van der Waals surface area contributed by atoms with Crippen molar-refractivity contribution in [2.24, 2.45) is 0 Å². The molecule has 0 spiro atoms. The summed E-state index contributed by atoms with van der Waals surface area (Å²) in [4.78, 5) is 13.5. The van der Waals surface area contributed by atoms with Gasteiger partial charge in [0.25, 0.3) is 5.91 Å². The lowest BCUT2D eigenvalue weighted by Gasteiger charge is -2.08. The number of hydrogen-bond donors (Lipinski definition) is 1. The summed E-state index contributed by atoms with van der Waals surface area (Å²) in [5.41, 5.74) is 0.764. The van der Waals surface area contributed by atoms with E-state index in [1.54, 1.807) is 11.3 Å². The number of halogens is 1. The maximum absolute atomic E-state index is 12.2. The standard InChI is InChI=1S/C14H15BrN2OS/c15-10-8-13(17(9-10)11-3-4-11)14(18)16-6-5-12-2-1-7-19-12/h1-2,7-9,11H,3-6H2,(H,16,18). The third-order valence-corrected chi connectivity index (χ3v) is 4.60. The highest BCUT2D eigenvalue weighted by Gasteiger charge is 2.27. The van der Waals surface area contributed by atoms with E-state index < -0.39 is 0 Å². The Morgan fingerprint density at radius 3 is 3.05 bits per heavy atom. The number of thiophene rings is 1. The van der Waals surface area contributed by atoms with E-state index in [0.29, 0.717) is 12.6 Å². The van der Waals surface area contributed by atoms with Gasteiger partial charge in [0.15, 0.2) is 0 Å². The van der Waals surface area contributed by atoms with Gasteiger partial charge in [-0.1, -0.05) is 6.07 Å². The van der Waals surface area contributed by atoms with Crippen LogP contribution >= 0.6 is 27.3 Å². The highest BCUT2D eigenvalue weighted by molar-refractivity contribution is 9.10. The monoisotopic (exact) mass is 338 g/mol. The van der Waals surface area contributed by atoms with Crippen molar-refractivity contribution in [2.45, 2.75) is 25.3 Å². The van der Waals surface area contributed by atoms with Gasteiger partial charge in [-0.25, -0.2) is 0 Å². The lowest BCUT2D eigenvalue weighted by atomic mass is 10.3. The minimum atomic E-state index is 0.0224. The third-order valence-electron chi connectivity index (χ3n) is 3.23. The van der Waals surface area contributed by atoms with Crippen LogP contribution in [0.4, 0.5) is 0 Å². The first-order chi connectivity index (χ1) is 9.24. The van der Waals surface area contributed by atoms with Gasteiger partial charge in [-0.2, -0.15) is 0 Å². The first-order valence-corrected chi connectivity index (χ1v) is 8.09. The molecular formula is C14H15BrN2OS. The normalized spacial score (nSPS) is 14.6. The van der Waals surface area contributed by atoms with Crippen molar-refractivity contribution in [2.75, 3.05) is 6.54 Å². The molecule has 19 heavy (non-hydrogen) atoms. The van der Waals surface area contributed by atoms with Crippen LogP contribution in [0.2, 0.25) is 0 Å². The van der Waals surface area contributed by atoms with E-state index in [-0.39, 0.29) is 5.91 Å². The molecule has 0 atom stereocenters. The van der Waals surface area contributed by atoms with E-state index in [1.807, 2.05) is 18.3 Å². The molecule has 100 valence electrons. The lowest BCUT2D eigenvalue weighted by Crippen LogP contribution is -2.27. The fourth-order valence-electron chi connectivity index (χ4n) is 2.13. The molecule has 1 fully saturated rings. The van der Waals surface area contributed by atoms with Crippen LogP contribution in [-0.4, -0.2) is 17.0 Å². The average Bonchev–Trinajstić information content (AvgIpc) is 2.96. The molecule has 5 heteroatoms. The molecule has 0 unspecified atom stereocenters. The fourth-order valence-corrected chi connectivity index (χ4v) is 3.27. The molecule has 1 aliphatic carbocycles. The maximum atomic E-state index is 12.2. The smallest absolute Gasteiger partial charge is 0.267 e. The molecule has 1 amide bonds. The zero-order valence-electron chi connectivity index (χ0n) is 10.4. The Labute approximate surface area is 124 Å². The van der Waals surface area contributed by atoms with Crippen LogP contribution in [0.3, 0.4) is 0 Å². The van der Waals surface area contributed by atoms with Crippen molar-refractivity contribution >= 4 is 33.2 Å². The quantitative estimate of drug-likeness (QED) is 0.887. The molecule has 2 aromatic rings. The second kappa shape index (κ2) is 5.51. The van der Waals surface area contributed by atoms with Crippen LogP contribution in [0.15, 0.2) is 34.2 Å². The number of hydrogen-bond acceptors (Lipinski definition) is 2. The molecule has 1 N–H and O–H groups in total. The zero-order valence-corrected chi connectivity index (χ0v) is 12.8. The van der Waals surface area contributed by atoms with Crippen LogP contribution in [0, 0.1) is 0 Å². The minimum absolute atomic E-state index is 0.0224. The SMILES string of the molecule is O=C(NCCc1cccs1)c1cc(Br)cn1C1CC1. The minimum Gasteiger partial charge on any atom is -0.350 e. The number of nitrogens with one attached hydrogen (secondary N) is 1. The van der Waals surface area contributed by atoms with Crippen molar-refractivity contribution in [3.8, 4) is 0 Å². The Balaban J connectivity index is 1.60. The van der Waals surface area contributed by atoms with E-state index >= 15 is 0 Å². The van der Waals surface area contributed by atoms with E-state index in [1.165, 1.54) is 17.7 Å². The summed E-state index contributed by atoms with van der Waals surface area (Å²) in [7, 11) is 0. The molecule has 3 rings (SSSR count). The summed E-state index contributed by atoms with van der Waals surface area (Å²) in [6.07, 6.45) is 5.26. The molecular weight excluding hydrogens is 324 g/mol. The summed E-state index contributed by atoms with van der Waals surface area (Å²) >= 11 is 5.18. The van der Waals surface area contributed by atoms with Crippen molar-refractivity contribution in [1.82, 2.24) is 9.88 Å².